The normalized spacial score (nSPS) is 12.7. The summed E-state index contributed by atoms with van der Waals surface area (Å²) in [6.45, 7) is 5.50. The number of aryl methyl sites for hydroxylation is 1. The maximum atomic E-state index is 4.43. The van der Waals surface area contributed by atoms with Crippen LogP contribution in [0.3, 0.4) is 0 Å². The van der Waals surface area contributed by atoms with Gasteiger partial charge in [0.2, 0.25) is 0 Å². The molecule has 0 amide bonds. The number of nitrogens with zero attached hydrogens (tertiary/aromatic N) is 1. The second-order valence-electron chi connectivity index (χ2n) is 5.07. The molecule has 1 atom stereocenters. The molecule has 1 unspecified atom stereocenters. The van der Waals surface area contributed by atoms with Gasteiger partial charge < -0.3 is 5.32 Å². The Morgan fingerprint density at radius 3 is 2.79 bits per heavy atom. The van der Waals surface area contributed by atoms with E-state index >= 15 is 0 Å². The summed E-state index contributed by atoms with van der Waals surface area (Å²) >= 11 is 0. The van der Waals surface area contributed by atoms with Crippen LogP contribution < -0.4 is 5.32 Å². The van der Waals surface area contributed by atoms with E-state index in [1.54, 1.807) is 0 Å². The first-order valence-electron chi connectivity index (χ1n) is 7.41. The molecule has 2 nitrogen and oxygen atoms in total. The summed E-state index contributed by atoms with van der Waals surface area (Å²) in [5, 5.41) is 4.89. The largest absolute Gasteiger partial charge is 0.314 e. The van der Waals surface area contributed by atoms with Crippen molar-refractivity contribution in [1.82, 2.24) is 10.3 Å². The average Bonchev–Trinajstić information content (AvgIpc) is 2.45. The predicted molar refractivity (Wildman–Crippen MR) is 82.4 cm³/mol. The van der Waals surface area contributed by atoms with Gasteiger partial charge in [0.25, 0.3) is 0 Å². The Bertz CT molecular complexity index is 496. The van der Waals surface area contributed by atoms with Gasteiger partial charge in [-0.15, -0.1) is 0 Å². The van der Waals surface area contributed by atoms with Crippen LogP contribution in [0.4, 0.5) is 0 Å². The monoisotopic (exact) mass is 256 g/mol. The van der Waals surface area contributed by atoms with E-state index in [0.717, 1.165) is 18.5 Å². The quantitative estimate of drug-likeness (QED) is 0.811. The van der Waals surface area contributed by atoms with E-state index in [4.69, 9.17) is 0 Å². The van der Waals surface area contributed by atoms with E-state index in [2.05, 4.69) is 48.4 Å². The average molecular weight is 256 g/mol. The highest BCUT2D eigenvalue weighted by Gasteiger charge is 2.08. The van der Waals surface area contributed by atoms with Crippen molar-refractivity contribution < 1.29 is 0 Å². The highest BCUT2D eigenvalue weighted by atomic mass is 14.9. The number of hydrogen-bond acceptors (Lipinski definition) is 2. The fraction of sp³-hybridized carbons (Fsp3) is 0.471. The van der Waals surface area contributed by atoms with Crippen LogP contribution >= 0.6 is 0 Å². The summed E-state index contributed by atoms with van der Waals surface area (Å²) in [6, 6.07) is 11.3. The van der Waals surface area contributed by atoms with Gasteiger partial charge >= 0.3 is 0 Å². The first-order chi connectivity index (χ1) is 9.35. The molecule has 1 aromatic carbocycles. The van der Waals surface area contributed by atoms with Crippen LogP contribution in [0.25, 0.3) is 10.9 Å². The Morgan fingerprint density at radius 1 is 1.11 bits per heavy atom. The Morgan fingerprint density at radius 2 is 2.00 bits per heavy atom. The Balaban J connectivity index is 2.08. The van der Waals surface area contributed by atoms with E-state index < -0.39 is 0 Å². The van der Waals surface area contributed by atoms with Crippen molar-refractivity contribution in [3.05, 3.63) is 42.1 Å². The van der Waals surface area contributed by atoms with Crippen molar-refractivity contribution in [2.75, 3.05) is 6.54 Å². The lowest BCUT2D eigenvalue weighted by Gasteiger charge is -2.17. The van der Waals surface area contributed by atoms with E-state index in [9.17, 15) is 0 Å². The fourth-order valence-electron chi connectivity index (χ4n) is 2.70. The van der Waals surface area contributed by atoms with Crippen LogP contribution in [-0.2, 0) is 6.42 Å². The van der Waals surface area contributed by atoms with Gasteiger partial charge in [-0.25, -0.2) is 0 Å². The molecule has 2 heteroatoms. The van der Waals surface area contributed by atoms with Crippen LogP contribution in [0.2, 0.25) is 0 Å². The van der Waals surface area contributed by atoms with E-state index in [1.165, 1.54) is 30.2 Å². The van der Waals surface area contributed by atoms with Gasteiger partial charge in [-0.05, 0) is 43.5 Å². The first-order valence-corrected chi connectivity index (χ1v) is 7.41. The predicted octanol–water partition coefficient (Wildman–Crippen LogP) is 3.95. The van der Waals surface area contributed by atoms with Gasteiger partial charge in [-0.2, -0.15) is 0 Å². The van der Waals surface area contributed by atoms with Crippen LogP contribution in [0, 0.1) is 0 Å². The van der Waals surface area contributed by atoms with Crippen molar-refractivity contribution in [1.29, 1.82) is 0 Å². The zero-order valence-electron chi connectivity index (χ0n) is 12.0. The zero-order valence-corrected chi connectivity index (χ0v) is 12.0. The Kier molecular flexibility index (Phi) is 5.34. The van der Waals surface area contributed by atoms with E-state index in [0.29, 0.717) is 6.04 Å². The lowest BCUT2D eigenvalue weighted by atomic mass is 9.99. The second-order valence-corrected chi connectivity index (χ2v) is 5.07. The molecule has 0 saturated carbocycles. The summed E-state index contributed by atoms with van der Waals surface area (Å²) < 4.78 is 0. The summed E-state index contributed by atoms with van der Waals surface area (Å²) in [4.78, 5) is 4.43. The number of benzene rings is 1. The second kappa shape index (κ2) is 7.25. The summed E-state index contributed by atoms with van der Waals surface area (Å²) in [5.74, 6) is 0. The SMILES string of the molecule is CCCC(CCc1cccc2ncccc12)NCC. The molecule has 0 fully saturated rings. The molecule has 2 rings (SSSR count). The number of nitrogens with one attached hydrogen (secondary N) is 1. The van der Waals surface area contributed by atoms with Gasteiger partial charge in [0.1, 0.15) is 0 Å². The number of aromatic nitrogens is 1. The molecule has 0 bridgehead atoms. The molecule has 0 aliphatic carbocycles. The Hall–Kier alpha value is -1.41. The van der Waals surface area contributed by atoms with Crippen molar-refractivity contribution in [2.24, 2.45) is 0 Å². The molecular formula is C17H24N2. The maximum absolute atomic E-state index is 4.43. The lowest BCUT2D eigenvalue weighted by molar-refractivity contribution is 0.460. The molecule has 2 aromatic rings. The van der Waals surface area contributed by atoms with Gasteiger partial charge in [-0.3, -0.25) is 4.98 Å². The van der Waals surface area contributed by atoms with E-state index in [-0.39, 0.29) is 0 Å². The first kappa shape index (κ1) is 14.0. The standard InChI is InChI=1S/C17H24N2/c1-3-7-15(18-4-2)12-11-14-8-5-10-17-16(14)9-6-13-19-17/h5-6,8-10,13,15,18H,3-4,7,11-12H2,1-2H3. The highest BCUT2D eigenvalue weighted by Crippen LogP contribution is 2.19. The minimum absolute atomic E-state index is 0.641. The topological polar surface area (TPSA) is 24.9 Å². The highest BCUT2D eigenvalue weighted by molar-refractivity contribution is 5.81. The molecule has 0 spiro atoms. The molecule has 0 saturated heterocycles. The molecule has 0 aliphatic rings. The van der Waals surface area contributed by atoms with Gasteiger partial charge in [0.15, 0.2) is 0 Å². The minimum atomic E-state index is 0.641. The zero-order chi connectivity index (χ0) is 13.5. The third-order valence-electron chi connectivity index (χ3n) is 3.63. The number of fused-ring (bicyclic) bond motifs is 1. The third kappa shape index (κ3) is 3.77. The minimum Gasteiger partial charge on any atom is -0.314 e. The third-order valence-corrected chi connectivity index (χ3v) is 3.63. The maximum Gasteiger partial charge on any atom is 0.0704 e. The number of hydrogen-bond donors (Lipinski definition) is 1. The molecule has 1 heterocycles. The summed E-state index contributed by atoms with van der Waals surface area (Å²) in [7, 11) is 0. The van der Waals surface area contributed by atoms with Crippen molar-refractivity contribution in [2.45, 2.75) is 45.6 Å². The summed E-state index contributed by atoms with van der Waals surface area (Å²) in [6.07, 6.45) is 6.70. The van der Waals surface area contributed by atoms with Crippen molar-refractivity contribution >= 4 is 10.9 Å². The van der Waals surface area contributed by atoms with Crippen molar-refractivity contribution in [3.63, 3.8) is 0 Å². The smallest absolute Gasteiger partial charge is 0.0704 e. The van der Waals surface area contributed by atoms with Crippen molar-refractivity contribution in [3.8, 4) is 0 Å². The molecular weight excluding hydrogens is 232 g/mol. The molecule has 0 radical (unpaired) electrons. The van der Waals surface area contributed by atoms with Crippen LogP contribution in [0.1, 0.15) is 38.7 Å². The van der Waals surface area contributed by atoms with E-state index in [1.807, 2.05) is 12.3 Å². The fourth-order valence-corrected chi connectivity index (χ4v) is 2.70. The van der Waals surface area contributed by atoms with Crippen LogP contribution in [0.15, 0.2) is 36.5 Å². The molecule has 102 valence electrons. The van der Waals surface area contributed by atoms with Gasteiger partial charge in [-0.1, -0.05) is 38.5 Å². The van der Waals surface area contributed by atoms with Gasteiger partial charge in [0.05, 0.1) is 5.52 Å². The number of rotatable bonds is 7. The van der Waals surface area contributed by atoms with Crippen LogP contribution in [0.5, 0.6) is 0 Å². The molecule has 0 aliphatic heterocycles. The Labute approximate surface area is 116 Å². The molecule has 1 N–H and O–H groups in total. The summed E-state index contributed by atoms with van der Waals surface area (Å²) in [5.41, 5.74) is 2.53. The molecule has 1 aromatic heterocycles. The van der Waals surface area contributed by atoms with Crippen LogP contribution in [-0.4, -0.2) is 17.6 Å². The number of pyridine rings is 1. The lowest BCUT2D eigenvalue weighted by Crippen LogP contribution is -2.29. The van der Waals surface area contributed by atoms with Gasteiger partial charge in [0, 0.05) is 17.6 Å². The molecule has 19 heavy (non-hydrogen) atoms.